The van der Waals surface area contributed by atoms with Gasteiger partial charge in [0.25, 0.3) is 0 Å². The molecule has 214 valence electrons. The Bertz CT molecular complexity index is 1890. The zero-order valence-electron chi connectivity index (χ0n) is 23.6. The topological polar surface area (TPSA) is 101 Å². The van der Waals surface area contributed by atoms with Crippen LogP contribution in [0.4, 0.5) is 0 Å². The second kappa shape index (κ2) is 12.9. The van der Waals surface area contributed by atoms with E-state index in [4.69, 9.17) is 19.3 Å². The van der Waals surface area contributed by atoms with Crippen LogP contribution in [0, 0.1) is 6.92 Å². The number of benzene rings is 2. The van der Waals surface area contributed by atoms with Crippen LogP contribution in [0.15, 0.2) is 109 Å². The second-order valence-electron chi connectivity index (χ2n) is 9.90. The third kappa shape index (κ3) is 6.68. The van der Waals surface area contributed by atoms with Crippen LogP contribution < -0.4 is 9.47 Å². The molecule has 0 fully saturated rings. The summed E-state index contributed by atoms with van der Waals surface area (Å²) in [6, 6.07) is 25.5. The highest BCUT2D eigenvalue weighted by Gasteiger charge is 2.16. The Hall–Kier alpha value is -5.57. The van der Waals surface area contributed by atoms with Gasteiger partial charge in [-0.2, -0.15) is 0 Å². The number of hydrogen-bond acceptors (Lipinski definition) is 8. The van der Waals surface area contributed by atoms with E-state index in [1.807, 2.05) is 48.7 Å². The van der Waals surface area contributed by atoms with Crippen LogP contribution >= 0.6 is 0 Å². The predicted molar refractivity (Wildman–Crippen MR) is 164 cm³/mol. The van der Waals surface area contributed by atoms with E-state index >= 15 is 0 Å². The molecule has 0 N–H and O–H groups in total. The van der Waals surface area contributed by atoms with E-state index in [1.54, 1.807) is 24.5 Å². The summed E-state index contributed by atoms with van der Waals surface area (Å²) in [4.78, 5) is 30.4. The van der Waals surface area contributed by atoms with Crippen molar-refractivity contribution in [1.82, 2.24) is 19.5 Å². The fourth-order valence-electron chi connectivity index (χ4n) is 4.99. The fraction of sp³-hybridized carbons (Fsp3) is 0.147. The van der Waals surface area contributed by atoms with Gasteiger partial charge in [0, 0.05) is 53.5 Å². The van der Waals surface area contributed by atoms with Crippen molar-refractivity contribution in [3.8, 4) is 11.5 Å². The zero-order chi connectivity index (χ0) is 29.4. The maximum absolute atomic E-state index is 12.0. The van der Waals surface area contributed by atoms with Crippen molar-refractivity contribution in [1.29, 1.82) is 0 Å². The van der Waals surface area contributed by atoms with Crippen LogP contribution in [0.3, 0.4) is 0 Å². The van der Waals surface area contributed by atoms with Gasteiger partial charge in [0.2, 0.25) is 0 Å². The summed E-state index contributed by atoms with van der Waals surface area (Å²) in [6.07, 6.45) is 8.29. The van der Waals surface area contributed by atoms with E-state index in [1.165, 1.54) is 6.20 Å². The Labute approximate surface area is 248 Å². The summed E-state index contributed by atoms with van der Waals surface area (Å²) in [6.45, 7) is 3.40. The number of carbonyl (C=O) groups excluding carboxylic acids is 1. The predicted octanol–water partition coefficient (Wildman–Crippen LogP) is 6.07. The molecule has 4 heterocycles. The Morgan fingerprint density at radius 3 is 2.63 bits per heavy atom. The van der Waals surface area contributed by atoms with Crippen LogP contribution in [0.2, 0.25) is 0 Å². The smallest absolute Gasteiger partial charge is 0.358 e. The normalized spacial score (nSPS) is 11.3. The number of esters is 1. The molecule has 0 aliphatic rings. The second-order valence-corrected chi connectivity index (χ2v) is 9.90. The van der Waals surface area contributed by atoms with Crippen molar-refractivity contribution >= 4 is 34.0 Å². The Morgan fingerprint density at radius 1 is 0.930 bits per heavy atom. The first kappa shape index (κ1) is 27.6. The molecule has 0 radical (unpaired) electrons. The quantitative estimate of drug-likeness (QED) is 0.0806. The van der Waals surface area contributed by atoms with Crippen molar-refractivity contribution in [2.45, 2.75) is 26.5 Å². The van der Waals surface area contributed by atoms with Crippen LogP contribution in [0.1, 0.15) is 22.5 Å². The first-order valence-corrected chi connectivity index (χ1v) is 13.9. The summed E-state index contributed by atoms with van der Waals surface area (Å²) < 4.78 is 13.6. The third-order valence-electron chi connectivity index (χ3n) is 7.06. The minimum Gasteiger partial charge on any atom is -0.487 e. The molecule has 43 heavy (non-hydrogen) atoms. The number of nitrogens with zero attached hydrogens (tertiary/aromatic N) is 5. The average Bonchev–Trinajstić information content (AvgIpc) is 3.30. The number of oxime groups is 1. The summed E-state index contributed by atoms with van der Waals surface area (Å²) in [5.41, 5.74) is 6.20. The largest absolute Gasteiger partial charge is 0.487 e. The van der Waals surface area contributed by atoms with Crippen LogP contribution in [-0.2, 0) is 29.2 Å². The van der Waals surface area contributed by atoms with Gasteiger partial charge in [-0.05, 0) is 66.6 Å². The Kier molecular flexibility index (Phi) is 8.31. The van der Waals surface area contributed by atoms with Gasteiger partial charge in [0.05, 0.1) is 17.4 Å². The summed E-state index contributed by atoms with van der Waals surface area (Å²) >= 11 is 0. The van der Waals surface area contributed by atoms with Gasteiger partial charge in [-0.1, -0.05) is 35.5 Å². The highest BCUT2D eigenvalue weighted by Crippen LogP contribution is 2.31. The molecule has 0 amide bonds. The van der Waals surface area contributed by atoms with Crippen molar-refractivity contribution < 1.29 is 19.1 Å². The van der Waals surface area contributed by atoms with Crippen LogP contribution in [0.25, 0.3) is 21.8 Å². The molecular formula is C34H29N5O4. The number of fused-ring (bicyclic) bond motifs is 2. The minimum atomic E-state index is -0.639. The van der Waals surface area contributed by atoms with Crippen molar-refractivity contribution in [3.63, 3.8) is 0 Å². The van der Waals surface area contributed by atoms with Gasteiger partial charge in [-0.3, -0.25) is 9.97 Å². The van der Waals surface area contributed by atoms with E-state index in [-0.39, 0.29) is 6.61 Å². The molecule has 0 unspecified atom stereocenters. The molecule has 0 atom stereocenters. The van der Waals surface area contributed by atoms with Crippen LogP contribution in [-0.4, -0.2) is 38.3 Å². The van der Waals surface area contributed by atoms with Gasteiger partial charge in [0.1, 0.15) is 24.7 Å². The van der Waals surface area contributed by atoms with E-state index in [2.05, 4.69) is 50.9 Å². The molecule has 0 spiro atoms. The van der Waals surface area contributed by atoms with Crippen molar-refractivity contribution in [2.75, 3.05) is 6.61 Å². The maximum atomic E-state index is 12.0. The van der Waals surface area contributed by atoms with Gasteiger partial charge in [0.15, 0.2) is 6.21 Å². The number of para-hydroxylation sites is 1. The molecule has 2 aromatic carbocycles. The number of rotatable bonds is 11. The highest BCUT2D eigenvalue weighted by atomic mass is 16.6. The van der Waals surface area contributed by atoms with E-state index < -0.39 is 5.97 Å². The van der Waals surface area contributed by atoms with Crippen molar-refractivity contribution in [2.24, 2.45) is 5.16 Å². The lowest BCUT2D eigenvalue weighted by Crippen LogP contribution is -2.09. The van der Waals surface area contributed by atoms with E-state index in [0.29, 0.717) is 25.3 Å². The Morgan fingerprint density at radius 2 is 1.79 bits per heavy atom. The molecule has 6 rings (SSSR count). The number of pyridine rings is 3. The first-order chi connectivity index (χ1) is 21.1. The first-order valence-electron chi connectivity index (χ1n) is 13.9. The SMILES string of the molecule is Cc1c(CCON=CC(=O)Oc2cccnc2)c2cc(OCc3ccc4ccccc4n3)ccc2n1Cc1cccnc1. The van der Waals surface area contributed by atoms with Crippen LogP contribution in [0.5, 0.6) is 11.5 Å². The van der Waals surface area contributed by atoms with Gasteiger partial charge < -0.3 is 18.9 Å². The Balaban J connectivity index is 1.19. The van der Waals surface area contributed by atoms with Gasteiger partial charge in [-0.25, -0.2) is 9.78 Å². The molecule has 0 aliphatic carbocycles. The molecule has 9 nitrogen and oxygen atoms in total. The molecule has 0 aliphatic heterocycles. The zero-order valence-corrected chi connectivity index (χ0v) is 23.6. The molecule has 0 bridgehead atoms. The van der Waals surface area contributed by atoms with Crippen molar-refractivity contribution in [3.05, 3.63) is 126 Å². The highest BCUT2D eigenvalue weighted by molar-refractivity contribution is 6.23. The molecule has 0 saturated carbocycles. The average molecular weight is 572 g/mol. The minimum absolute atomic E-state index is 0.273. The van der Waals surface area contributed by atoms with Gasteiger partial charge in [-0.15, -0.1) is 0 Å². The molecule has 6 aromatic rings. The summed E-state index contributed by atoms with van der Waals surface area (Å²) in [5.74, 6) is 0.449. The number of ether oxygens (including phenoxy) is 2. The lowest BCUT2D eigenvalue weighted by atomic mass is 10.1. The number of hydrogen-bond donors (Lipinski definition) is 0. The monoisotopic (exact) mass is 571 g/mol. The third-order valence-corrected chi connectivity index (χ3v) is 7.06. The van der Waals surface area contributed by atoms with Gasteiger partial charge >= 0.3 is 5.97 Å². The van der Waals surface area contributed by atoms with E-state index in [0.717, 1.165) is 56.3 Å². The maximum Gasteiger partial charge on any atom is 0.358 e. The lowest BCUT2D eigenvalue weighted by Gasteiger charge is -2.10. The number of aromatic nitrogens is 4. The molecular weight excluding hydrogens is 542 g/mol. The summed E-state index contributed by atoms with van der Waals surface area (Å²) in [5, 5.41) is 5.96. The number of carbonyl (C=O) groups is 1. The molecule has 9 heteroatoms. The fourth-order valence-corrected chi connectivity index (χ4v) is 4.99. The lowest BCUT2D eigenvalue weighted by molar-refractivity contribution is -0.126. The molecule has 0 saturated heterocycles. The standard InChI is InChI=1S/C34H29N5O4/c1-24-30(14-17-42-37-21-34(40)43-29-8-5-16-36-20-29)31-18-28(12-13-33(31)39(24)22-25-6-4-15-35-19-25)41-23-27-11-10-26-7-2-3-9-32(26)38-27/h2-13,15-16,18-21H,14,17,22-23H2,1H3. The van der Waals surface area contributed by atoms with E-state index in [9.17, 15) is 4.79 Å². The summed E-state index contributed by atoms with van der Waals surface area (Å²) in [7, 11) is 0. The molecule has 4 aromatic heterocycles.